The lowest BCUT2D eigenvalue weighted by atomic mass is 10.4. The largest absolute Gasteiger partial charge is 0.478 e. The van der Waals surface area contributed by atoms with Crippen LogP contribution in [0.15, 0.2) is 24.3 Å². The molecule has 0 aliphatic carbocycles. The number of hydrogen-bond donors (Lipinski definition) is 5. The zero-order valence-corrected chi connectivity index (χ0v) is 15.0. The molecule has 1 rings (SSSR count). The predicted molar refractivity (Wildman–Crippen MR) is 94.6 cm³/mol. The molecule has 154 valence electrons. The van der Waals surface area contributed by atoms with Crippen LogP contribution in [0.3, 0.4) is 0 Å². The topological polar surface area (TPSA) is 174 Å². The maximum atomic E-state index is 9.55. The second-order valence-corrected chi connectivity index (χ2v) is 4.81. The van der Waals surface area contributed by atoms with Crippen LogP contribution in [0.25, 0.3) is 0 Å². The predicted octanol–water partition coefficient (Wildman–Crippen LogP) is -0.648. The molecule has 0 atom stereocenters. The zero-order chi connectivity index (χ0) is 21.1. The number of rotatable bonds is 8. The molecule has 1 fully saturated rings. The molecule has 5 N–H and O–H groups in total. The summed E-state index contributed by atoms with van der Waals surface area (Å²) in [5.74, 6) is -5.03. The Bertz CT molecular complexity index is 446. The van der Waals surface area contributed by atoms with Crippen LogP contribution in [-0.4, -0.2) is 95.1 Å². The molecule has 0 spiro atoms. The van der Waals surface area contributed by atoms with E-state index in [1.165, 1.54) is 13.1 Å². The second-order valence-electron chi connectivity index (χ2n) is 4.81. The Balaban J connectivity index is 0. The van der Waals surface area contributed by atoms with Crippen LogP contribution >= 0.6 is 0 Å². The van der Waals surface area contributed by atoms with Crippen LogP contribution in [0, 0.1) is 0 Å². The Morgan fingerprint density at radius 3 is 1.52 bits per heavy atom. The van der Waals surface area contributed by atoms with E-state index in [-0.39, 0.29) is 0 Å². The van der Waals surface area contributed by atoms with Crippen LogP contribution in [0.5, 0.6) is 0 Å². The minimum Gasteiger partial charge on any atom is -0.478 e. The average Bonchev–Trinajstić information content (AvgIpc) is 2.60. The molecule has 27 heavy (non-hydrogen) atoms. The number of nitrogens with one attached hydrogen (secondary N) is 1. The highest BCUT2D eigenvalue weighted by Gasteiger charge is 2.07. The van der Waals surface area contributed by atoms with Gasteiger partial charge in [0.15, 0.2) is 0 Å². The third-order valence-electron chi connectivity index (χ3n) is 2.70. The van der Waals surface area contributed by atoms with E-state index in [0.29, 0.717) is 24.3 Å². The van der Waals surface area contributed by atoms with Gasteiger partial charge < -0.3 is 30.5 Å². The Labute approximate surface area is 156 Å². The summed E-state index contributed by atoms with van der Waals surface area (Å²) < 4.78 is 5.27. The quantitative estimate of drug-likeness (QED) is 0.263. The van der Waals surface area contributed by atoms with Crippen molar-refractivity contribution in [1.29, 1.82) is 0 Å². The summed E-state index contributed by atoms with van der Waals surface area (Å²) in [5.41, 5.74) is 0. The molecule has 11 heteroatoms. The van der Waals surface area contributed by atoms with Gasteiger partial charge in [-0.05, 0) is 6.92 Å². The summed E-state index contributed by atoms with van der Waals surface area (Å²) in [4.78, 5) is 40.7. The molecule has 1 saturated heterocycles. The molecule has 0 radical (unpaired) electrons. The average molecular weight is 390 g/mol. The van der Waals surface area contributed by atoms with E-state index in [1.807, 2.05) is 6.92 Å². The smallest absolute Gasteiger partial charge is 0.328 e. The summed E-state index contributed by atoms with van der Waals surface area (Å²) in [6, 6.07) is 0. The minimum absolute atomic E-state index is 0.558. The van der Waals surface area contributed by atoms with Crippen molar-refractivity contribution in [2.45, 2.75) is 6.92 Å². The Kier molecular flexibility index (Phi) is 17.7. The van der Waals surface area contributed by atoms with Gasteiger partial charge >= 0.3 is 23.9 Å². The number of aliphatic carboxylic acids is 4. The number of hydrogen-bond acceptors (Lipinski definition) is 7. The summed E-state index contributed by atoms with van der Waals surface area (Å²) in [6.07, 6.45) is 2.23. The van der Waals surface area contributed by atoms with Crippen LogP contribution in [0.1, 0.15) is 6.92 Å². The van der Waals surface area contributed by atoms with Gasteiger partial charge in [-0.2, -0.15) is 0 Å². The standard InChI is InChI=1S/C8H18N2O.2C4H4O4/c1-2-11-8-7-10-5-3-9-4-6-10;2*5-3(6)1-2-4(7)8/h9H,2-8H2,1H3;2*1-2H,(H,5,6)(H,7,8)/b;2*2-1+. The zero-order valence-electron chi connectivity index (χ0n) is 15.0. The fraction of sp³-hybridized carbons (Fsp3) is 0.500. The third kappa shape index (κ3) is 25.6. The SMILES string of the molecule is CCOCCN1CCNCC1.O=C(O)/C=C/C(=O)O.O=C(O)/C=C/C(=O)O. The van der Waals surface area contributed by atoms with E-state index < -0.39 is 23.9 Å². The molecule has 1 aliphatic rings. The number of carboxylic acids is 4. The van der Waals surface area contributed by atoms with E-state index in [0.717, 1.165) is 32.8 Å². The van der Waals surface area contributed by atoms with E-state index in [1.54, 1.807) is 0 Å². The van der Waals surface area contributed by atoms with Gasteiger partial charge in [0.05, 0.1) is 6.61 Å². The van der Waals surface area contributed by atoms with Crippen molar-refractivity contribution in [3.8, 4) is 0 Å². The number of piperazine rings is 1. The molecule has 1 heterocycles. The molecule has 0 bridgehead atoms. The van der Waals surface area contributed by atoms with E-state index in [4.69, 9.17) is 25.2 Å². The number of ether oxygens (including phenoxy) is 1. The Morgan fingerprint density at radius 2 is 1.22 bits per heavy atom. The van der Waals surface area contributed by atoms with Crippen LogP contribution in [-0.2, 0) is 23.9 Å². The van der Waals surface area contributed by atoms with Gasteiger partial charge in [0, 0.05) is 63.6 Å². The first-order valence-corrected chi connectivity index (χ1v) is 7.97. The van der Waals surface area contributed by atoms with Gasteiger partial charge in [0.2, 0.25) is 0 Å². The molecule has 0 aromatic heterocycles. The molecule has 0 aromatic rings. The summed E-state index contributed by atoms with van der Waals surface area (Å²) in [5, 5.41) is 34.6. The van der Waals surface area contributed by atoms with Crippen LogP contribution < -0.4 is 5.32 Å². The van der Waals surface area contributed by atoms with Crippen molar-refractivity contribution in [2.24, 2.45) is 0 Å². The summed E-state index contributed by atoms with van der Waals surface area (Å²) in [6.45, 7) is 9.47. The van der Waals surface area contributed by atoms with Gasteiger partial charge in [0.1, 0.15) is 0 Å². The normalized spacial score (nSPS) is 14.0. The van der Waals surface area contributed by atoms with Crippen LogP contribution in [0.4, 0.5) is 0 Å². The first kappa shape index (κ1) is 26.5. The number of nitrogens with zero attached hydrogens (tertiary/aromatic N) is 1. The van der Waals surface area contributed by atoms with Crippen LogP contribution in [0.2, 0.25) is 0 Å². The van der Waals surface area contributed by atoms with Gasteiger partial charge in [-0.1, -0.05) is 0 Å². The Morgan fingerprint density at radius 1 is 0.852 bits per heavy atom. The molecule has 0 saturated carbocycles. The lowest BCUT2D eigenvalue weighted by molar-refractivity contribution is -0.134. The Hall–Kier alpha value is -2.76. The maximum Gasteiger partial charge on any atom is 0.328 e. The van der Waals surface area contributed by atoms with Crippen molar-refractivity contribution in [3.63, 3.8) is 0 Å². The van der Waals surface area contributed by atoms with Crippen molar-refractivity contribution in [1.82, 2.24) is 10.2 Å². The number of carbonyl (C=O) groups is 4. The third-order valence-corrected chi connectivity index (χ3v) is 2.70. The molecule has 11 nitrogen and oxygen atoms in total. The lowest BCUT2D eigenvalue weighted by Gasteiger charge is -2.26. The van der Waals surface area contributed by atoms with Gasteiger partial charge in [-0.25, -0.2) is 19.2 Å². The molecule has 0 aromatic carbocycles. The highest BCUT2D eigenvalue weighted by Crippen LogP contribution is 1.91. The lowest BCUT2D eigenvalue weighted by Crippen LogP contribution is -2.44. The van der Waals surface area contributed by atoms with Gasteiger partial charge in [-0.3, -0.25) is 4.90 Å². The molecular formula is C16H26N2O9. The fourth-order valence-corrected chi connectivity index (χ4v) is 1.56. The van der Waals surface area contributed by atoms with Gasteiger partial charge in [0.25, 0.3) is 0 Å². The number of carboxylic acid groups (broad SMARTS) is 4. The second kappa shape index (κ2) is 18.0. The maximum absolute atomic E-state index is 9.55. The van der Waals surface area contributed by atoms with Crippen molar-refractivity contribution < 1.29 is 44.3 Å². The highest BCUT2D eigenvalue weighted by atomic mass is 16.5. The van der Waals surface area contributed by atoms with E-state index in [9.17, 15) is 19.2 Å². The fourth-order valence-electron chi connectivity index (χ4n) is 1.56. The van der Waals surface area contributed by atoms with E-state index >= 15 is 0 Å². The molecule has 1 aliphatic heterocycles. The first-order chi connectivity index (χ1) is 12.7. The van der Waals surface area contributed by atoms with Crippen molar-refractivity contribution >= 4 is 23.9 Å². The minimum atomic E-state index is -1.26. The first-order valence-electron chi connectivity index (χ1n) is 7.97. The highest BCUT2D eigenvalue weighted by molar-refractivity contribution is 5.90. The molecular weight excluding hydrogens is 364 g/mol. The van der Waals surface area contributed by atoms with Crippen molar-refractivity contribution in [2.75, 3.05) is 45.9 Å². The monoisotopic (exact) mass is 390 g/mol. The van der Waals surface area contributed by atoms with Gasteiger partial charge in [-0.15, -0.1) is 0 Å². The molecule has 0 unspecified atom stereocenters. The summed E-state index contributed by atoms with van der Waals surface area (Å²) >= 11 is 0. The molecule has 0 amide bonds. The summed E-state index contributed by atoms with van der Waals surface area (Å²) in [7, 11) is 0. The van der Waals surface area contributed by atoms with Crippen molar-refractivity contribution in [3.05, 3.63) is 24.3 Å². The van der Waals surface area contributed by atoms with E-state index in [2.05, 4.69) is 10.2 Å².